The number of non-ortho nitro benzene ring substituents is 1. The van der Waals surface area contributed by atoms with Gasteiger partial charge in [0.05, 0.1) is 23.4 Å². The Morgan fingerprint density at radius 1 is 1.56 bits per heavy atom. The molecule has 16 heavy (non-hydrogen) atoms. The number of nitrogens with two attached hydrogens (primary N) is 1. The van der Waals surface area contributed by atoms with Gasteiger partial charge in [0.15, 0.2) is 0 Å². The Bertz CT molecular complexity index is 393. The highest BCUT2D eigenvalue weighted by Crippen LogP contribution is 2.19. The van der Waals surface area contributed by atoms with E-state index in [0.29, 0.717) is 25.2 Å². The molecular weight excluding hydrogens is 210 g/mol. The van der Waals surface area contributed by atoms with Crippen molar-refractivity contribution in [3.05, 3.63) is 34.4 Å². The normalized spacial score (nSPS) is 9.75. The number of nitrogens with zero attached hydrogens (tertiary/aromatic N) is 1. The van der Waals surface area contributed by atoms with Crippen LogP contribution in [0.15, 0.2) is 24.3 Å². The molecule has 0 radical (unpaired) electrons. The highest BCUT2D eigenvalue weighted by Gasteiger charge is 2.05. The van der Waals surface area contributed by atoms with E-state index in [1.54, 1.807) is 12.1 Å². The van der Waals surface area contributed by atoms with Gasteiger partial charge in [-0.15, -0.1) is 0 Å². The number of nitro benzene ring substituents is 1. The Labute approximate surface area is 92.7 Å². The minimum absolute atomic E-state index is 0.00377. The van der Waals surface area contributed by atoms with Crippen LogP contribution >= 0.6 is 0 Å². The van der Waals surface area contributed by atoms with E-state index in [-0.39, 0.29) is 11.5 Å². The maximum absolute atomic E-state index is 10.5. The van der Waals surface area contributed by atoms with Crippen molar-refractivity contribution in [3.8, 4) is 5.75 Å². The molecule has 0 bridgehead atoms. The second kappa shape index (κ2) is 5.69. The van der Waals surface area contributed by atoms with Crippen LogP contribution in [0.5, 0.6) is 5.75 Å². The second-order valence-corrected chi connectivity index (χ2v) is 3.23. The minimum atomic E-state index is -0.470. The molecule has 6 nitrogen and oxygen atoms in total. The Balaban J connectivity index is 2.45. The zero-order valence-electron chi connectivity index (χ0n) is 8.68. The van der Waals surface area contributed by atoms with Crippen molar-refractivity contribution in [3.63, 3.8) is 0 Å². The molecule has 1 aromatic carbocycles. The molecular formula is C10H13N3O3. The number of benzene rings is 1. The van der Waals surface area contributed by atoms with Crippen LogP contribution in [0, 0.1) is 15.5 Å². The van der Waals surface area contributed by atoms with E-state index in [1.807, 2.05) is 0 Å². The Kier molecular flexibility index (Phi) is 4.26. The number of nitrogens with one attached hydrogen (secondary N) is 1. The SMILES string of the molecule is N=C(N)CCCOc1cccc([N+](=O)[O-])c1. The lowest BCUT2D eigenvalue weighted by Crippen LogP contribution is -2.10. The van der Waals surface area contributed by atoms with Crippen molar-refractivity contribution in [2.75, 3.05) is 6.61 Å². The smallest absolute Gasteiger partial charge is 0.273 e. The first-order valence-electron chi connectivity index (χ1n) is 4.80. The summed E-state index contributed by atoms with van der Waals surface area (Å²) in [7, 11) is 0. The molecule has 0 aliphatic rings. The summed E-state index contributed by atoms with van der Waals surface area (Å²) in [5.74, 6) is 0.570. The van der Waals surface area contributed by atoms with E-state index in [4.69, 9.17) is 15.9 Å². The Hall–Kier alpha value is -2.11. The molecule has 0 saturated carbocycles. The number of nitro groups is 1. The molecule has 3 N–H and O–H groups in total. The molecule has 0 saturated heterocycles. The molecule has 6 heteroatoms. The lowest BCUT2D eigenvalue weighted by atomic mass is 10.3. The van der Waals surface area contributed by atoms with E-state index in [1.165, 1.54) is 12.1 Å². The quantitative estimate of drug-likeness (QED) is 0.252. The molecule has 0 spiro atoms. The van der Waals surface area contributed by atoms with Crippen LogP contribution in [0.1, 0.15) is 12.8 Å². The zero-order chi connectivity index (χ0) is 12.0. The zero-order valence-corrected chi connectivity index (χ0v) is 8.68. The third-order valence-electron chi connectivity index (χ3n) is 1.89. The van der Waals surface area contributed by atoms with Gasteiger partial charge in [0, 0.05) is 12.5 Å². The van der Waals surface area contributed by atoms with Crippen molar-refractivity contribution in [1.82, 2.24) is 0 Å². The Morgan fingerprint density at radius 3 is 2.94 bits per heavy atom. The average Bonchev–Trinajstić information content (AvgIpc) is 2.24. The Morgan fingerprint density at radius 2 is 2.31 bits per heavy atom. The largest absolute Gasteiger partial charge is 0.493 e. The lowest BCUT2D eigenvalue weighted by Gasteiger charge is -2.04. The maximum atomic E-state index is 10.5. The van der Waals surface area contributed by atoms with Crippen LogP contribution in [0.25, 0.3) is 0 Å². The summed E-state index contributed by atoms with van der Waals surface area (Å²) in [4.78, 5) is 10.0. The summed E-state index contributed by atoms with van der Waals surface area (Å²) in [6.07, 6.45) is 1.09. The maximum Gasteiger partial charge on any atom is 0.273 e. The lowest BCUT2D eigenvalue weighted by molar-refractivity contribution is -0.384. The fourth-order valence-corrected chi connectivity index (χ4v) is 1.14. The number of ether oxygens (including phenoxy) is 1. The number of hydrogen-bond acceptors (Lipinski definition) is 4. The molecule has 0 fully saturated rings. The van der Waals surface area contributed by atoms with Gasteiger partial charge in [-0.25, -0.2) is 0 Å². The van der Waals surface area contributed by atoms with Crippen LogP contribution in [0.4, 0.5) is 5.69 Å². The van der Waals surface area contributed by atoms with Gasteiger partial charge in [-0.05, 0) is 12.5 Å². The summed E-state index contributed by atoms with van der Waals surface area (Å²) in [6.45, 7) is 0.390. The van der Waals surface area contributed by atoms with Gasteiger partial charge in [-0.2, -0.15) is 0 Å². The fraction of sp³-hybridized carbons (Fsp3) is 0.300. The van der Waals surface area contributed by atoms with E-state index in [9.17, 15) is 10.1 Å². The van der Waals surface area contributed by atoms with Gasteiger partial charge in [0.1, 0.15) is 5.75 Å². The molecule has 86 valence electrons. The summed E-state index contributed by atoms with van der Waals surface area (Å²) < 4.78 is 5.29. The van der Waals surface area contributed by atoms with Crippen molar-refractivity contribution in [2.45, 2.75) is 12.8 Å². The van der Waals surface area contributed by atoms with Crippen molar-refractivity contribution in [2.24, 2.45) is 5.73 Å². The highest BCUT2D eigenvalue weighted by atomic mass is 16.6. The first-order chi connectivity index (χ1) is 7.59. The van der Waals surface area contributed by atoms with Crippen molar-refractivity contribution < 1.29 is 9.66 Å². The predicted molar refractivity (Wildman–Crippen MR) is 59.7 cm³/mol. The third kappa shape index (κ3) is 3.95. The number of hydrogen-bond donors (Lipinski definition) is 2. The van der Waals surface area contributed by atoms with Crippen LogP contribution in [0.3, 0.4) is 0 Å². The van der Waals surface area contributed by atoms with Crippen LogP contribution in [0.2, 0.25) is 0 Å². The third-order valence-corrected chi connectivity index (χ3v) is 1.89. The first-order valence-corrected chi connectivity index (χ1v) is 4.80. The molecule has 1 aromatic rings. The predicted octanol–water partition coefficient (Wildman–Crippen LogP) is 1.69. The van der Waals surface area contributed by atoms with Crippen LogP contribution < -0.4 is 10.5 Å². The van der Waals surface area contributed by atoms with Gasteiger partial charge in [0.25, 0.3) is 5.69 Å². The number of amidine groups is 1. The first kappa shape index (κ1) is 12.0. The van der Waals surface area contributed by atoms with Crippen molar-refractivity contribution in [1.29, 1.82) is 5.41 Å². The summed E-state index contributed by atoms with van der Waals surface area (Å²) in [6, 6.07) is 6.00. The minimum Gasteiger partial charge on any atom is -0.493 e. The fourth-order valence-electron chi connectivity index (χ4n) is 1.14. The van der Waals surface area contributed by atoms with E-state index in [0.717, 1.165) is 0 Å². The summed E-state index contributed by atoms with van der Waals surface area (Å²) in [5, 5.41) is 17.5. The molecule has 0 aromatic heterocycles. The van der Waals surface area contributed by atoms with E-state index >= 15 is 0 Å². The van der Waals surface area contributed by atoms with Gasteiger partial charge in [-0.1, -0.05) is 6.07 Å². The number of rotatable bonds is 6. The summed E-state index contributed by atoms with van der Waals surface area (Å²) >= 11 is 0. The molecule has 1 rings (SSSR count). The van der Waals surface area contributed by atoms with Gasteiger partial charge >= 0.3 is 0 Å². The molecule has 0 amide bonds. The topological polar surface area (TPSA) is 102 Å². The van der Waals surface area contributed by atoms with Crippen LogP contribution in [-0.2, 0) is 0 Å². The van der Waals surface area contributed by atoms with Gasteiger partial charge < -0.3 is 10.5 Å². The van der Waals surface area contributed by atoms with Crippen LogP contribution in [-0.4, -0.2) is 17.4 Å². The molecule has 0 unspecified atom stereocenters. The van der Waals surface area contributed by atoms with Gasteiger partial charge in [-0.3, -0.25) is 15.5 Å². The highest BCUT2D eigenvalue weighted by molar-refractivity contribution is 5.76. The van der Waals surface area contributed by atoms with E-state index in [2.05, 4.69) is 0 Å². The monoisotopic (exact) mass is 223 g/mol. The average molecular weight is 223 g/mol. The van der Waals surface area contributed by atoms with Gasteiger partial charge in [0.2, 0.25) is 0 Å². The molecule has 0 aliphatic heterocycles. The van der Waals surface area contributed by atoms with E-state index < -0.39 is 4.92 Å². The standard InChI is InChI=1S/C10H13N3O3/c11-10(12)5-2-6-16-9-4-1-3-8(7-9)13(14)15/h1,3-4,7H,2,5-6H2,(H3,11,12). The van der Waals surface area contributed by atoms with Crippen molar-refractivity contribution >= 4 is 11.5 Å². The molecule has 0 atom stereocenters. The molecule has 0 aliphatic carbocycles. The summed E-state index contributed by atoms with van der Waals surface area (Å²) in [5.41, 5.74) is 5.18. The second-order valence-electron chi connectivity index (χ2n) is 3.23. The molecule has 0 heterocycles.